The van der Waals surface area contributed by atoms with Crippen molar-refractivity contribution in [1.82, 2.24) is 38.2 Å². The van der Waals surface area contributed by atoms with E-state index in [0.29, 0.717) is 11.6 Å². The van der Waals surface area contributed by atoms with Gasteiger partial charge < -0.3 is 19.3 Å². The Hall–Kier alpha value is -2.93. The molecule has 4 rings (SSSR count). The molecule has 4 heterocycles. The van der Waals surface area contributed by atoms with Crippen molar-refractivity contribution < 1.29 is 10.2 Å². The van der Waals surface area contributed by atoms with Crippen LogP contribution in [0.2, 0.25) is 0 Å². The van der Waals surface area contributed by atoms with Crippen molar-refractivity contribution in [1.29, 1.82) is 0 Å². The zero-order chi connectivity index (χ0) is 19.2. The van der Waals surface area contributed by atoms with E-state index >= 15 is 0 Å². The summed E-state index contributed by atoms with van der Waals surface area (Å²) < 4.78 is 4.61. The van der Waals surface area contributed by atoms with Gasteiger partial charge in [-0.15, -0.1) is 0 Å². The van der Waals surface area contributed by atoms with Crippen LogP contribution in [-0.2, 0) is 28.2 Å². The molecule has 0 N–H and O–H groups in total. The summed E-state index contributed by atoms with van der Waals surface area (Å²) in [5, 5.41) is 22.8. The maximum Gasteiger partial charge on any atom is 2.00 e. The molecule has 0 aromatic heterocycles. The first kappa shape index (κ1) is 20.4. The summed E-state index contributed by atoms with van der Waals surface area (Å²) in [6, 6.07) is 0. The summed E-state index contributed by atoms with van der Waals surface area (Å²) in [6.45, 7) is 0. The minimum atomic E-state index is -0.407. The molecule has 136 valence electrons. The van der Waals surface area contributed by atoms with Crippen LogP contribution >= 0.6 is 0 Å². The van der Waals surface area contributed by atoms with Crippen molar-refractivity contribution in [2.45, 2.75) is 0 Å². The molecular weight excluding hydrogens is 369 g/mol. The van der Waals surface area contributed by atoms with Gasteiger partial charge >= 0.3 is 34.4 Å². The third-order valence-electron chi connectivity index (χ3n) is 3.95. The summed E-state index contributed by atoms with van der Waals surface area (Å²) in [5.74, 6) is -0.160. The van der Waals surface area contributed by atoms with Crippen molar-refractivity contribution >= 4 is 23.1 Å². The van der Waals surface area contributed by atoms with E-state index in [2.05, 4.69) is 19.9 Å². The molecule has 0 unspecified atom stereocenters. The molecule has 0 amide bonds. The Labute approximate surface area is 168 Å². The van der Waals surface area contributed by atoms with Gasteiger partial charge in [0.2, 0.25) is 0 Å². The summed E-state index contributed by atoms with van der Waals surface area (Å²) in [5.41, 5.74) is -0.329. The summed E-state index contributed by atoms with van der Waals surface area (Å²) in [7, 11) is 5.94. The van der Waals surface area contributed by atoms with E-state index in [0.717, 1.165) is 9.13 Å². The van der Waals surface area contributed by atoms with Crippen LogP contribution in [0.1, 0.15) is 0 Å². The number of imidazole rings is 2. The Balaban J connectivity index is 0.000000187. The van der Waals surface area contributed by atoms with Crippen LogP contribution in [0.25, 0.3) is 23.0 Å². The first-order valence-corrected chi connectivity index (χ1v) is 7.32. The standard InChI is InChI=1S/2C7H8N4O2.Mg/c2*1-10-5-4(8-3-9-5)6(12)11(2)7(10)13;/h2*3,12H,1-2H3;/q;;+2/p-2. The molecule has 4 aliphatic rings. The van der Waals surface area contributed by atoms with Gasteiger partial charge in [-0.3, -0.25) is 9.13 Å². The molecule has 4 aliphatic heterocycles. The maximum absolute atomic E-state index is 11.4. The molecule has 0 aromatic rings. The van der Waals surface area contributed by atoms with Crippen LogP contribution in [0.5, 0.6) is 11.8 Å². The summed E-state index contributed by atoms with van der Waals surface area (Å²) >= 11 is 0. The fraction of sp³-hybridized carbons (Fsp3) is 0.286. The van der Waals surface area contributed by atoms with E-state index in [9.17, 15) is 19.8 Å². The summed E-state index contributed by atoms with van der Waals surface area (Å²) in [6.07, 6.45) is 2.54. The smallest absolute Gasteiger partial charge is 0.858 e. The molecule has 0 saturated carbocycles. The van der Waals surface area contributed by atoms with E-state index in [-0.39, 0.29) is 34.4 Å². The molecule has 12 nitrogen and oxygen atoms in total. The van der Waals surface area contributed by atoms with Crippen LogP contribution in [-0.4, -0.2) is 61.3 Å². The number of hydrogen-bond acceptors (Lipinski definition) is 8. The number of aromatic nitrogens is 8. The molecule has 0 aliphatic carbocycles. The van der Waals surface area contributed by atoms with Crippen LogP contribution in [0, 0.1) is 0 Å². The second kappa shape index (κ2) is 7.36. The SMILES string of the molecule is Cn1c2ncnc-2c([O-])n(C)c1=O.Cn1c2ncnc-2c([O-])n(C)c1=O.[Mg+2]. The third-order valence-corrected chi connectivity index (χ3v) is 3.95. The van der Waals surface area contributed by atoms with Crippen molar-refractivity contribution in [2.75, 3.05) is 0 Å². The van der Waals surface area contributed by atoms with Gasteiger partial charge in [0.25, 0.3) is 0 Å². The van der Waals surface area contributed by atoms with Crippen LogP contribution in [0.15, 0.2) is 22.2 Å². The molecule has 13 heteroatoms. The van der Waals surface area contributed by atoms with E-state index < -0.39 is 23.1 Å². The van der Waals surface area contributed by atoms with Gasteiger partial charge in [-0.2, -0.15) is 0 Å². The molecule has 27 heavy (non-hydrogen) atoms. The minimum Gasteiger partial charge on any atom is -0.858 e. The van der Waals surface area contributed by atoms with Crippen LogP contribution in [0.3, 0.4) is 0 Å². The van der Waals surface area contributed by atoms with Crippen LogP contribution in [0.4, 0.5) is 0 Å². The first-order valence-electron chi connectivity index (χ1n) is 7.32. The molecule has 0 saturated heterocycles. The van der Waals surface area contributed by atoms with Gasteiger partial charge in [-0.1, -0.05) is 0 Å². The zero-order valence-corrected chi connectivity index (χ0v) is 16.5. The average Bonchev–Trinajstić information content (AvgIpc) is 3.31. The molecule has 0 bridgehead atoms. The Morgan fingerprint density at radius 3 is 1.33 bits per heavy atom. The van der Waals surface area contributed by atoms with Gasteiger partial charge in [0.1, 0.15) is 24.0 Å². The van der Waals surface area contributed by atoms with Gasteiger partial charge in [-0.25, -0.2) is 29.5 Å². The minimum absolute atomic E-state index is 0. The van der Waals surface area contributed by atoms with E-state index in [1.807, 2.05) is 0 Å². The van der Waals surface area contributed by atoms with Crippen molar-refractivity contribution in [3.63, 3.8) is 0 Å². The zero-order valence-electron chi connectivity index (χ0n) is 15.1. The predicted molar refractivity (Wildman–Crippen MR) is 90.4 cm³/mol. The second-order valence-corrected chi connectivity index (χ2v) is 5.50. The number of nitrogens with zero attached hydrogens (tertiary/aromatic N) is 8. The van der Waals surface area contributed by atoms with E-state index in [1.165, 1.54) is 35.9 Å². The maximum atomic E-state index is 11.4. The largest absolute Gasteiger partial charge is 2.00 e. The normalized spacial score (nSPS) is 10.5. The Bertz CT molecular complexity index is 1070. The third kappa shape index (κ3) is 3.14. The number of rotatable bonds is 0. The molecule has 0 radical (unpaired) electrons. The Morgan fingerprint density at radius 2 is 1.00 bits per heavy atom. The predicted octanol–water partition coefficient (Wildman–Crippen LogP) is -3.00. The molecule has 0 fully saturated rings. The van der Waals surface area contributed by atoms with Gasteiger partial charge in [0.05, 0.1) is 0 Å². The fourth-order valence-electron chi connectivity index (χ4n) is 2.44. The Morgan fingerprint density at radius 1 is 0.667 bits per heavy atom. The van der Waals surface area contributed by atoms with Gasteiger partial charge in [0, 0.05) is 28.2 Å². The molecule has 0 atom stereocenters. The van der Waals surface area contributed by atoms with E-state index in [4.69, 9.17) is 0 Å². The quantitative estimate of drug-likeness (QED) is 0.292. The van der Waals surface area contributed by atoms with Crippen molar-refractivity contribution in [2.24, 2.45) is 28.2 Å². The van der Waals surface area contributed by atoms with E-state index in [1.54, 1.807) is 14.1 Å². The second-order valence-electron chi connectivity index (χ2n) is 5.50. The monoisotopic (exact) mass is 382 g/mol. The topological polar surface area (TPSA) is 152 Å². The van der Waals surface area contributed by atoms with Crippen molar-refractivity contribution in [3.8, 4) is 34.8 Å². The van der Waals surface area contributed by atoms with Crippen molar-refractivity contribution in [3.05, 3.63) is 33.6 Å². The fourth-order valence-corrected chi connectivity index (χ4v) is 2.44. The molecule has 0 spiro atoms. The van der Waals surface area contributed by atoms with Crippen LogP contribution < -0.4 is 21.6 Å². The molecular formula is C14H14MgN8O4. The summed E-state index contributed by atoms with van der Waals surface area (Å²) in [4.78, 5) is 37.9. The average molecular weight is 383 g/mol. The van der Waals surface area contributed by atoms with Gasteiger partial charge in [-0.05, 0) is 11.8 Å². The first-order chi connectivity index (χ1) is 12.3. The number of fused-ring (bicyclic) bond motifs is 2. The Kier molecular flexibility index (Phi) is 5.55. The molecule has 0 aromatic carbocycles. The number of hydrogen-bond donors (Lipinski definition) is 0. The van der Waals surface area contributed by atoms with Gasteiger partial charge in [0.15, 0.2) is 11.6 Å².